The maximum Gasteiger partial charge on any atom is 0.241 e. The maximum atomic E-state index is 13.1. The number of nitrogens with one attached hydrogen (secondary N) is 1. The molecule has 0 unspecified atom stereocenters. The van der Waals surface area contributed by atoms with E-state index in [9.17, 15) is 17.6 Å². The number of aryl methyl sites for hydroxylation is 2. The van der Waals surface area contributed by atoms with Crippen LogP contribution < -0.4 is 9.62 Å². The lowest BCUT2D eigenvalue weighted by Crippen LogP contribution is -2.41. The monoisotopic (exact) mass is 390 g/mol. The fourth-order valence-corrected chi connectivity index (χ4v) is 4.23. The van der Waals surface area contributed by atoms with Crippen molar-refractivity contribution in [2.75, 3.05) is 17.1 Å². The van der Waals surface area contributed by atoms with Gasteiger partial charge >= 0.3 is 0 Å². The molecule has 1 aliphatic rings. The molecule has 0 saturated heterocycles. The first kappa shape index (κ1) is 19.4. The van der Waals surface area contributed by atoms with Gasteiger partial charge in [-0.05, 0) is 67.1 Å². The third kappa shape index (κ3) is 4.66. The van der Waals surface area contributed by atoms with Crippen LogP contribution in [0.25, 0.3) is 0 Å². The first-order chi connectivity index (χ1) is 12.7. The van der Waals surface area contributed by atoms with Gasteiger partial charge in [0.15, 0.2) is 0 Å². The fraction of sp³-hybridized carbons (Fsp3) is 0.350. The van der Waals surface area contributed by atoms with Gasteiger partial charge in [-0.2, -0.15) is 0 Å². The SMILES string of the molecule is C[C@H](NC(=O)CN(c1ccc(F)cc1)S(C)(=O)=O)c1ccc2c(c1)CCC2. The van der Waals surface area contributed by atoms with E-state index in [0.29, 0.717) is 0 Å². The zero-order valence-corrected chi connectivity index (χ0v) is 16.2. The van der Waals surface area contributed by atoms with Crippen molar-refractivity contribution in [2.45, 2.75) is 32.2 Å². The highest BCUT2D eigenvalue weighted by Crippen LogP contribution is 2.25. The van der Waals surface area contributed by atoms with E-state index in [2.05, 4.69) is 17.4 Å². The normalized spacial score (nSPS) is 14.5. The molecular formula is C20H23FN2O3S. The molecule has 1 N–H and O–H groups in total. The second-order valence-corrected chi connectivity index (χ2v) is 8.82. The van der Waals surface area contributed by atoms with Crippen molar-refractivity contribution in [3.05, 3.63) is 65.0 Å². The van der Waals surface area contributed by atoms with Gasteiger partial charge < -0.3 is 5.32 Å². The van der Waals surface area contributed by atoms with Crippen LogP contribution >= 0.6 is 0 Å². The number of hydrogen-bond donors (Lipinski definition) is 1. The molecule has 1 atom stereocenters. The highest BCUT2D eigenvalue weighted by Gasteiger charge is 2.22. The van der Waals surface area contributed by atoms with Gasteiger partial charge in [-0.15, -0.1) is 0 Å². The summed E-state index contributed by atoms with van der Waals surface area (Å²) in [7, 11) is -3.68. The van der Waals surface area contributed by atoms with Crippen LogP contribution in [-0.2, 0) is 27.7 Å². The summed E-state index contributed by atoms with van der Waals surface area (Å²) >= 11 is 0. The first-order valence-electron chi connectivity index (χ1n) is 8.88. The van der Waals surface area contributed by atoms with Crippen molar-refractivity contribution in [2.24, 2.45) is 0 Å². The Labute approximate surface area is 159 Å². The number of carbonyl (C=O) groups is 1. The Morgan fingerprint density at radius 2 is 1.81 bits per heavy atom. The highest BCUT2D eigenvalue weighted by atomic mass is 32.2. The van der Waals surface area contributed by atoms with Crippen molar-refractivity contribution in [3.8, 4) is 0 Å². The molecule has 144 valence electrons. The van der Waals surface area contributed by atoms with Crippen molar-refractivity contribution in [3.63, 3.8) is 0 Å². The second kappa shape index (κ2) is 7.68. The van der Waals surface area contributed by atoms with Crippen LogP contribution in [0.1, 0.15) is 36.1 Å². The molecule has 0 bridgehead atoms. The van der Waals surface area contributed by atoms with Crippen molar-refractivity contribution < 1.29 is 17.6 Å². The Hall–Kier alpha value is -2.41. The molecule has 0 saturated carbocycles. The van der Waals surface area contributed by atoms with Crippen LogP contribution in [0.15, 0.2) is 42.5 Å². The maximum absolute atomic E-state index is 13.1. The van der Waals surface area contributed by atoms with E-state index in [1.54, 1.807) is 0 Å². The lowest BCUT2D eigenvalue weighted by Gasteiger charge is -2.23. The van der Waals surface area contributed by atoms with E-state index < -0.39 is 21.7 Å². The minimum atomic E-state index is -3.68. The van der Waals surface area contributed by atoms with E-state index in [0.717, 1.165) is 35.4 Å². The lowest BCUT2D eigenvalue weighted by molar-refractivity contribution is -0.120. The molecule has 3 rings (SSSR count). The molecule has 0 aromatic heterocycles. The standard InChI is InChI=1S/C20H23FN2O3S/c1-14(16-7-6-15-4-3-5-17(15)12-16)22-20(24)13-23(27(2,25)26)19-10-8-18(21)9-11-19/h6-12,14H,3-5,13H2,1-2H3,(H,22,24)/t14-/m0/s1. The molecule has 1 amide bonds. The summed E-state index contributed by atoms with van der Waals surface area (Å²) in [6, 6.07) is 11.0. The minimum Gasteiger partial charge on any atom is -0.348 e. The molecular weight excluding hydrogens is 367 g/mol. The highest BCUT2D eigenvalue weighted by molar-refractivity contribution is 7.92. The molecule has 2 aromatic rings. The Morgan fingerprint density at radius 1 is 1.15 bits per heavy atom. The van der Waals surface area contributed by atoms with Gasteiger partial charge in [0.05, 0.1) is 18.0 Å². The molecule has 7 heteroatoms. The Bertz CT molecular complexity index is 942. The van der Waals surface area contributed by atoms with Crippen LogP contribution in [0.3, 0.4) is 0 Å². The lowest BCUT2D eigenvalue weighted by atomic mass is 10.0. The molecule has 0 aliphatic heterocycles. The van der Waals surface area contributed by atoms with Gasteiger partial charge in [-0.3, -0.25) is 9.10 Å². The summed E-state index contributed by atoms with van der Waals surface area (Å²) in [6.45, 7) is 1.51. The molecule has 1 aliphatic carbocycles. The number of benzene rings is 2. The van der Waals surface area contributed by atoms with Crippen LogP contribution in [0.2, 0.25) is 0 Å². The number of halogens is 1. The molecule has 2 aromatic carbocycles. The Morgan fingerprint density at radius 3 is 2.48 bits per heavy atom. The number of hydrogen-bond acceptors (Lipinski definition) is 3. The van der Waals surface area contributed by atoms with E-state index in [4.69, 9.17) is 0 Å². The van der Waals surface area contributed by atoms with Gasteiger partial charge in [0.25, 0.3) is 0 Å². The molecule has 0 heterocycles. The zero-order chi connectivity index (χ0) is 19.6. The molecule has 27 heavy (non-hydrogen) atoms. The quantitative estimate of drug-likeness (QED) is 0.825. The van der Waals surface area contributed by atoms with Crippen LogP contribution in [0.5, 0.6) is 0 Å². The van der Waals surface area contributed by atoms with Crippen molar-refractivity contribution in [1.29, 1.82) is 0 Å². The molecule has 5 nitrogen and oxygen atoms in total. The number of sulfonamides is 1. The summed E-state index contributed by atoms with van der Waals surface area (Å²) in [5.74, 6) is -0.889. The third-order valence-corrected chi connectivity index (χ3v) is 5.94. The Kier molecular flexibility index (Phi) is 5.51. The van der Waals surface area contributed by atoms with Crippen molar-refractivity contribution in [1.82, 2.24) is 5.32 Å². The molecule has 0 fully saturated rings. The van der Waals surface area contributed by atoms with Crippen LogP contribution in [0.4, 0.5) is 10.1 Å². The average molecular weight is 390 g/mol. The van der Waals surface area contributed by atoms with Crippen LogP contribution in [0, 0.1) is 5.82 Å². The summed E-state index contributed by atoms with van der Waals surface area (Å²) in [5, 5.41) is 2.85. The van der Waals surface area contributed by atoms with E-state index >= 15 is 0 Å². The molecule has 0 spiro atoms. The predicted molar refractivity (Wildman–Crippen MR) is 104 cm³/mol. The van der Waals surface area contributed by atoms with Gasteiger partial charge in [-0.1, -0.05) is 18.2 Å². The van der Waals surface area contributed by atoms with Gasteiger partial charge in [0, 0.05) is 0 Å². The number of fused-ring (bicyclic) bond motifs is 1. The average Bonchev–Trinajstić information content (AvgIpc) is 3.07. The smallest absolute Gasteiger partial charge is 0.241 e. The summed E-state index contributed by atoms with van der Waals surface area (Å²) in [4.78, 5) is 12.5. The molecule has 0 radical (unpaired) electrons. The van der Waals surface area contributed by atoms with Crippen molar-refractivity contribution >= 4 is 21.6 Å². The van der Waals surface area contributed by atoms with E-state index in [1.807, 2.05) is 13.0 Å². The summed E-state index contributed by atoms with van der Waals surface area (Å²) in [5.41, 5.74) is 3.92. The largest absolute Gasteiger partial charge is 0.348 e. The topological polar surface area (TPSA) is 66.5 Å². The second-order valence-electron chi connectivity index (χ2n) is 6.92. The third-order valence-electron chi connectivity index (χ3n) is 4.80. The number of amides is 1. The van der Waals surface area contributed by atoms with E-state index in [1.165, 1.54) is 35.4 Å². The summed E-state index contributed by atoms with van der Waals surface area (Å²) < 4.78 is 38.3. The van der Waals surface area contributed by atoms with Gasteiger partial charge in [-0.25, -0.2) is 12.8 Å². The van der Waals surface area contributed by atoms with Crippen LogP contribution in [-0.4, -0.2) is 27.1 Å². The summed E-state index contributed by atoms with van der Waals surface area (Å²) in [6.07, 6.45) is 4.32. The van der Waals surface area contributed by atoms with Gasteiger partial charge in [0.1, 0.15) is 12.4 Å². The minimum absolute atomic E-state index is 0.238. The first-order valence-corrected chi connectivity index (χ1v) is 10.7. The number of carbonyl (C=O) groups excluding carboxylic acids is 1. The number of anilines is 1. The zero-order valence-electron chi connectivity index (χ0n) is 15.4. The van der Waals surface area contributed by atoms with Gasteiger partial charge in [0.2, 0.25) is 15.9 Å². The number of nitrogens with zero attached hydrogens (tertiary/aromatic N) is 1. The Balaban J connectivity index is 1.71. The predicted octanol–water partition coefficient (Wildman–Crippen LogP) is 2.96. The van der Waals surface area contributed by atoms with E-state index in [-0.39, 0.29) is 18.3 Å². The number of rotatable bonds is 6. The fourth-order valence-electron chi connectivity index (χ4n) is 3.37.